The Morgan fingerprint density at radius 2 is 1.63 bits per heavy atom. The summed E-state index contributed by atoms with van der Waals surface area (Å²) in [5.41, 5.74) is 10.5. The van der Waals surface area contributed by atoms with Gasteiger partial charge < -0.3 is 15.8 Å². The van der Waals surface area contributed by atoms with E-state index in [1.807, 2.05) is 24.3 Å². The number of nitrogens with two attached hydrogens (primary N) is 1. The maximum absolute atomic E-state index is 12.0. The molecule has 1 aliphatic rings. The zero-order valence-corrected chi connectivity index (χ0v) is 15.6. The smallest absolute Gasteiger partial charge is 0.407 e. The van der Waals surface area contributed by atoms with Gasteiger partial charge in [0.05, 0.1) is 6.04 Å². The Morgan fingerprint density at radius 1 is 1.04 bits per heavy atom. The maximum Gasteiger partial charge on any atom is 0.407 e. The van der Waals surface area contributed by atoms with Crippen molar-refractivity contribution in [1.29, 1.82) is 0 Å². The zero-order chi connectivity index (χ0) is 19.2. The van der Waals surface area contributed by atoms with E-state index in [-0.39, 0.29) is 11.7 Å². The van der Waals surface area contributed by atoms with Gasteiger partial charge in [-0.25, -0.2) is 4.79 Å². The largest absolute Gasteiger partial charge is 0.449 e. The summed E-state index contributed by atoms with van der Waals surface area (Å²) in [5.74, 6) is 0.0659. The molecule has 27 heavy (non-hydrogen) atoms. The molecule has 3 N–H and O–H groups in total. The van der Waals surface area contributed by atoms with Gasteiger partial charge in [-0.2, -0.15) is 0 Å². The standard InChI is InChI=1S/C22H26N2O3/c1-15(25)21(23)12-6-7-13-24-22(26)27-14-20-18-10-4-2-8-16(18)17-9-3-5-11-19(17)20/h2-5,8-11,20-21H,6-7,12-14,23H2,1H3,(H,24,26)/t21-/m0/s1. The third kappa shape index (κ3) is 4.55. The van der Waals surface area contributed by atoms with Gasteiger partial charge in [0, 0.05) is 12.5 Å². The van der Waals surface area contributed by atoms with Crippen molar-refractivity contribution >= 4 is 11.9 Å². The molecule has 0 unspecified atom stereocenters. The Morgan fingerprint density at radius 3 is 2.22 bits per heavy atom. The van der Waals surface area contributed by atoms with Gasteiger partial charge in [0.25, 0.3) is 0 Å². The summed E-state index contributed by atoms with van der Waals surface area (Å²) in [4.78, 5) is 23.1. The van der Waals surface area contributed by atoms with Crippen LogP contribution in [0, 0.1) is 0 Å². The number of ketones is 1. The molecule has 0 aromatic heterocycles. The third-order valence-electron chi connectivity index (χ3n) is 5.08. The van der Waals surface area contributed by atoms with Gasteiger partial charge in [0.1, 0.15) is 12.4 Å². The molecular weight excluding hydrogens is 340 g/mol. The third-order valence-corrected chi connectivity index (χ3v) is 5.08. The van der Waals surface area contributed by atoms with E-state index in [9.17, 15) is 9.59 Å². The number of benzene rings is 2. The second kappa shape index (κ2) is 8.82. The quantitative estimate of drug-likeness (QED) is 0.699. The van der Waals surface area contributed by atoms with Crippen LogP contribution in [0.3, 0.4) is 0 Å². The van der Waals surface area contributed by atoms with Crippen LogP contribution in [0.25, 0.3) is 11.1 Å². The highest BCUT2D eigenvalue weighted by molar-refractivity contribution is 5.81. The van der Waals surface area contributed by atoms with Gasteiger partial charge in [-0.3, -0.25) is 4.79 Å². The Bertz CT molecular complexity index is 773. The van der Waals surface area contributed by atoms with Crippen molar-refractivity contribution in [2.24, 2.45) is 5.73 Å². The summed E-state index contributed by atoms with van der Waals surface area (Å²) in [6.07, 6.45) is 1.80. The Balaban J connectivity index is 1.48. The molecule has 5 nitrogen and oxygen atoms in total. The Labute approximate surface area is 159 Å². The van der Waals surface area contributed by atoms with Crippen LogP contribution in [-0.2, 0) is 9.53 Å². The molecule has 2 aromatic carbocycles. The molecule has 3 rings (SSSR count). The molecule has 0 aliphatic heterocycles. The van der Waals surface area contributed by atoms with E-state index in [0.717, 1.165) is 12.8 Å². The number of amides is 1. The van der Waals surface area contributed by atoms with E-state index in [2.05, 4.69) is 29.6 Å². The average Bonchev–Trinajstić information content (AvgIpc) is 3.00. The first kappa shape index (κ1) is 19.1. The molecule has 1 atom stereocenters. The normalized spacial score (nSPS) is 13.6. The van der Waals surface area contributed by atoms with E-state index in [4.69, 9.17) is 10.5 Å². The molecule has 2 aromatic rings. The summed E-state index contributed by atoms with van der Waals surface area (Å²) in [7, 11) is 0. The number of carbonyl (C=O) groups is 2. The number of fused-ring (bicyclic) bond motifs is 3. The van der Waals surface area contributed by atoms with E-state index in [1.165, 1.54) is 29.2 Å². The first-order valence-corrected chi connectivity index (χ1v) is 9.43. The summed E-state index contributed by atoms with van der Waals surface area (Å²) in [5, 5.41) is 2.77. The number of hydrogen-bond acceptors (Lipinski definition) is 4. The maximum atomic E-state index is 12.0. The topological polar surface area (TPSA) is 81.4 Å². The number of unbranched alkanes of at least 4 members (excludes halogenated alkanes) is 1. The van der Waals surface area contributed by atoms with Crippen molar-refractivity contribution in [3.63, 3.8) is 0 Å². The SMILES string of the molecule is CC(=O)[C@@H](N)CCCCNC(=O)OCC1c2ccccc2-c2ccccc21. The van der Waals surface area contributed by atoms with Gasteiger partial charge in [-0.1, -0.05) is 48.5 Å². The first-order valence-electron chi connectivity index (χ1n) is 9.43. The van der Waals surface area contributed by atoms with Crippen molar-refractivity contribution in [3.8, 4) is 11.1 Å². The molecule has 0 bridgehead atoms. The number of nitrogens with one attached hydrogen (secondary N) is 1. The van der Waals surface area contributed by atoms with Gasteiger partial charge in [0.2, 0.25) is 0 Å². The fourth-order valence-electron chi connectivity index (χ4n) is 3.53. The molecule has 0 spiro atoms. The zero-order valence-electron chi connectivity index (χ0n) is 15.6. The summed E-state index contributed by atoms with van der Waals surface area (Å²) >= 11 is 0. The molecule has 0 heterocycles. The van der Waals surface area contributed by atoms with Gasteiger partial charge in [-0.15, -0.1) is 0 Å². The highest BCUT2D eigenvalue weighted by atomic mass is 16.5. The lowest BCUT2D eigenvalue weighted by Gasteiger charge is -2.14. The summed E-state index contributed by atoms with van der Waals surface area (Å²) in [6, 6.07) is 16.1. The molecule has 0 saturated heterocycles. The van der Waals surface area contributed by atoms with E-state index in [1.54, 1.807) is 0 Å². The van der Waals surface area contributed by atoms with Crippen molar-refractivity contribution in [2.75, 3.05) is 13.2 Å². The van der Waals surface area contributed by atoms with Crippen LogP contribution in [0.15, 0.2) is 48.5 Å². The predicted octanol–water partition coefficient (Wildman–Crippen LogP) is 3.61. The molecule has 0 fully saturated rings. The van der Waals surface area contributed by atoms with Crippen LogP contribution in [0.2, 0.25) is 0 Å². The highest BCUT2D eigenvalue weighted by Gasteiger charge is 2.28. The van der Waals surface area contributed by atoms with Gasteiger partial charge in [-0.05, 0) is 48.4 Å². The molecular formula is C22H26N2O3. The number of carbonyl (C=O) groups excluding carboxylic acids is 2. The summed E-state index contributed by atoms with van der Waals surface area (Å²) < 4.78 is 5.48. The summed E-state index contributed by atoms with van der Waals surface area (Å²) in [6.45, 7) is 2.33. The number of hydrogen-bond donors (Lipinski definition) is 2. The second-order valence-corrected chi connectivity index (χ2v) is 6.97. The lowest BCUT2D eigenvalue weighted by Crippen LogP contribution is -2.29. The molecule has 0 radical (unpaired) electrons. The van der Waals surface area contributed by atoms with E-state index >= 15 is 0 Å². The van der Waals surface area contributed by atoms with Crippen LogP contribution >= 0.6 is 0 Å². The number of alkyl carbamates (subject to hydrolysis) is 1. The van der Waals surface area contributed by atoms with Crippen LogP contribution in [-0.4, -0.2) is 31.1 Å². The van der Waals surface area contributed by atoms with Crippen LogP contribution in [0.1, 0.15) is 43.2 Å². The second-order valence-electron chi connectivity index (χ2n) is 6.97. The average molecular weight is 366 g/mol. The number of ether oxygens (including phenoxy) is 1. The number of Topliss-reactive ketones (excluding diaryl/α,β-unsaturated/α-hetero) is 1. The van der Waals surface area contributed by atoms with Crippen molar-refractivity contribution < 1.29 is 14.3 Å². The van der Waals surface area contributed by atoms with Crippen LogP contribution in [0.5, 0.6) is 0 Å². The number of rotatable bonds is 8. The lowest BCUT2D eigenvalue weighted by atomic mass is 9.98. The molecule has 5 heteroatoms. The van der Waals surface area contributed by atoms with Crippen LogP contribution < -0.4 is 11.1 Å². The Kier molecular flexibility index (Phi) is 6.24. The van der Waals surface area contributed by atoms with Crippen molar-refractivity contribution in [2.45, 2.75) is 38.1 Å². The first-order chi connectivity index (χ1) is 13.1. The van der Waals surface area contributed by atoms with Gasteiger partial charge in [0.15, 0.2) is 0 Å². The minimum atomic E-state index is -0.410. The Hall–Kier alpha value is -2.66. The molecule has 1 aliphatic carbocycles. The minimum Gasteiger partial charge on any atom is -0.449 e. The van der Waals surface area contributed by atoms with E-state index < -0.39 is 12.1 Å². The lowest BCUT2D eigenvalue weighted by molar-refractivity contribution is -0.118. The minimum absolute atomic E-state index is 0.000468. The molecule has 142 valence electrons. The monoisotopic (exact) mass is 366 g/mol. The van der Waals surface area contributed by atoms with Crippen LogP contribution in [0.4, 0.5) is 4.79 Å². The van der Waals surface area contributed by atoms with E-state index in [0.29, 0.717) is 19.6 Å². The van der Waals surface area contributed by atoms with Gasteiger partial charge >= 0.3 is 6.09 Å². The van der Waals surface area contributed by atoms with Crippen molar-refractivity contribution in [3.05, 3.63) is 59.7 Å². The molecule has 0 saturated carbocycles. The fraction of sp³-hybridized carbons (Fsp3) is 0.364. The highest BCUT2D eigenvalue weighted by Crippen LogP contribution is 2.44. The fourth-order valence-corrected chi connectivity index (χ4v) is 3.53. The van der Waals surface area contributed by atoms with Crippen molar-refractivity contribution in [1.82, 2.24) is 5.32 Å². The predicted molar refractivity (Wildman–Crippen MR) is 106 cm³/mol. The molecule has 1 amide bonds.